The molecule has 0 radical (unpaired) electrons. The first kappa shape index (κ1) is 13.7. The van der Waals surface area contributed by atoms with Crippen LogP contribution in [0, 0.1) is 17.0 Å². The Morgan fingerprint density at radius 2 is 2.15 bits per heavy atom. The van der Waals surface area contributed by atoms with E-state index in [2.05, 4.69) is 0 Å². The number of hydrogen-bond donors (Lipinski definition) is 0. The highest BCUT2D eigenvalue weighted by Gasteiger charge is 2.19. The number of nitrogens with zero attached hydrogens (tertiary/aromatic N) is 1. The molecule has 0 spiro atoms. The fourth-order valence-corrected chi connectivity index (χ4v) is 1.84. The third kappa shape index (κ3) is 2.25. The Kier molecular flexibility index (Phi) is 3.51. The first-order valence-corrected chi connectivity index (χ1v) is 5.84. The maximum Gasteiger partial charge on any atom is 0.374 e. The molecule has 2 aromatic rings. The number of carbonyl (C=O) groups is 1. The van der Waals surface area contributed by atoms with Crippen molar-refractivity contribution in [1.82, 2.24) is 0 Å². The molecule has 0 amide bonds. The molecule has 0 saturated carbocycles. The van der Waals surface area contributed by atoms with Crippen molar-refractivity contribution in [3.8, 4) is 0 Å². The molecule has 0 unspecified atom stereocenters. The SMILES string of the molecule is CCOC(=O)c1cc(=O)c2ccc([N+](=O)[O-])c(C)c2o1. The number of nitro groups is 1. The van der Waals surface area contributed by atoms with Crippen molar-refractivity contribution in [2.75, 3.05) is 6.61 Å². The average molecular weight is 277 g/mol. The summed E-state index contributed by atoms with van der Waals surface area (Å²) in [6, 6.07) is 3.56. The Morgan fingerprint density at radius 1 is 1.45 bits per heavy atom. The Bertz CT molecular complexity index is 761. The normalized spacial score (nSPS) is 10.5. The Labute approximate surface area is 112 Å². The van der Waals surface area contributed by atoms with Crippen LogP contribution < -0.4 is 5.43 Å². The van der Waals surface area contributed by atoms with Gasteiger partial charge in [-0.05, 0) is 19.9 Å². The van der Waals surface area contributed by atoms with E-state index in [1.54, 1.807) is 6.92 Å². The predicted molar refractivity (Wildman–Crippen MR) is 69.8 cm³/mol. The number of esters is 1. The van der Waals surface area contributed by atoms with E-state index in [9.17, 15) is 19.7 Å². The summed E-state index contributed by atoms with van der Waals surface area (Å²) < 4.78 is 10.0. The topological polar surface area (TPSA) is 99.7 Å². The zero-order valence-corrected chi connectivity index (χ0v) is 10.8. The van der Waals surface area contributed by atoms with Crippen molar-refractivity contribution in [2.24, 2.45) is 0 Å². The summed E-state index contributed by atoms with van der Waals surface area (Å²) in [6.45, 7) is 3.21. The molecular weight excluding hydrogens is 266 g/mol. The summed E-state index contributed by atoms with van der Waals surface area (Å²) in [4.78, 5) is 33.8. The Balaban J connectivity index is 2.74. The highest BCUT2D eigenvalue weighted by molar-refractivity contribution is 5.90. The molecule has 0 aliphatic carbocycles. The summed E-state index contributed by atoms with van der Waals surface area (Å²) in [6.07, 6.45) is 0. The van der Waals surface area contributed by atoms with Crippen LogP contribution in [0.15, 0.2) is 27.4 Å². The van der Waals surface area contributed by atoms with Crippen LogP contribution in [-0.4, -0.2) is 17.5 Å². The molecule has 104 valence electrons. The van der Waals surface area contributed by atoms with Crippen LogP contribution in [0.25, 0.3) is 11.0 Å². The molecular formula is C13H11NO6. The van der Waals surface area contributed by atoms with Gasteiger partial charge < -0.3 is 9.15 Å². The lowest BCUT2D eigenvalue weighted by Gasteiger charge is -2.05. The van der Waals surface area contributed by atoms with Crippen LogP contribution in [0.1, 0.15) is 23.0 Å². The average Bonchev–Trinajstić information content (AvgIpc) is 2.39. The van der Waals surface area contributed by atoms with Gasteiger partial charge in [-0.2, -0.15) is 0 Å². The van der Waals surface area contributed by atoms with Gasteiger partial charge in [0.2, 0.25) is 5.76 Å². The number of aryl methyl sites for hydroxylation is 1. The third-order valence-corrected chi connectivity index (χ3v) is 2.79. The molecule has 0 aliphatic heterocycles. The lowest BCUT2D eigenvalue weighted by atomic mass is 10.1. The van der Waals surface area contributed by atoms with Gasteiger partial charge in [-0.3, -0.25) is 14.9 Å². The largest absolute Gasteiger partial charge is 0.460 e. The molecule has 0 aliphatic rings. The molecule has 2 rings (SSSR count). The van der Waals surface area contributed by atoms with Gasteiger partial charge in [0.25, 0.3) is 5.69 Å². The molecule has 0 saturated heterocycles. The maximum absolute atomic E-state index is 11.9. The zero-order chi connectivity index (χ0) is 14.9. The number of hydrogen-bond acceptors (Lipinski definition) is 6. The van der Waals surface area contributed by atoms with Crippen molar-refractivity contribution in [2.45, 2.75) is 13.8 Å². The van der Waals surface area contributed by atoms with Gasteiger partial charge in [-0.25, -0.2) is 4.79 Å². The van der Waals surface area contributed by atoms with Crippen LogP contribution in [-0.2, 0) is 4.74 Å². The molecule has 1 heterocycles. The summed E-state index contributed by atoms with van der Waals surface area (Å²) in [7, 11) is 0. The Morgan fingerprint density at radius 3 is 2.75 bits per heavy atom. The quantitative estimate of drug-likeness (QED) is 0.484. The summed E-state index contributed by atoms with van der Waals surface area (Å²) in [5.74, 6) is -1.05. The van der Waals surface area contributed by atoms with E-state index in [1.807, 2.05) is 0 Å². The minimum Gasteiger partial charge on any atom is -0.460 e. The molecule has 1 aromatic carbocycles. The lowest BCUT2D eigenvalue weighted by molar-refractivity contribution is -0.385. The minimum atomic E-state index is -0.780. The monoisotopic (exact) mass is 277 g/mol. The van der Waals surface area contributed by atoms with Crippen LogP contribution in [0.5, 0.6) is 0 Å². The van der Waals surface area contributed by atoms with Crippen LogP contribution in [0.4, 0.5) is 5.69 Å². The summed E-state index contributed by atoms with van der Waals surface area (Å²) in [5.41, 5.74) is -0.417. The van der Waals surface area contributed by atoms with Crippen molar-refractivity contribution in [3.05, 3.63) is 49.9 Å². The van der Waals surface area contributed by atoms with Gasteiger partial charge in [0.1, 0.15) is 5.58 Å². The fraction of sp³-hybridized carbons (Fsp3) is 0.231. The molecule has 7 heteroatoms. The number of nitro benzene ring substituents is 1. The smallest absolute Gasteiger partial charge is 0.374 e. The molecule has 0 bridgehead atoms. The van der Waals surface area contributed by atoms with Gasteiger partial charge in [-0.1, -0.05) is 0 Å². The maximum atomic E-state index is 11.9. The highest BCUT2D eigenvalue weighted by Crippen LogP contribution is 2.26. The second kappa shape index (κ2) is 5.12. The minimum absolute atomic E-state index is 0.0229. The van der Waals surface area contributed by atoms with E-state index in [4.69, 9.17) is 9.15 Å². The fourth-order valence-electron chi connectivity index (χ4n) is 1.84. The standard InChI is InChI=1S/C13H11NO6/c1-3-19-13(16)11-6-10(15)8-4-5-9(14(17)18)7(2)12(8)20-11/h4-6H,3H2,1-2H3. The predicted octanol–water partition coefficient (Wildman–Crippen LogP) is 2.19. The van der Waals surface area contributed by atoms with Crippen LogP contribution >= 0.6 is 0 Å². The van der Waals surface area contributed by atoms with Crippen LogP contribution in [0.3, 0.4) is 0 Å². The third-order valence-electron chi connectivity index (χ3n) is 2.79. The number of fused-ring (bicyclic) bond motifs is 1. The van der Waals surface area contributed by atoms with Gasteiger partial charge in [0.05, 0.1) is 22.5 Å². The highest BCUT2D eigenvalue weighted by atomic mass is 16.6. The molecule has 0 fully saturated rings. The van der Waals surface area contributed by atoms with E-state index in [0.717, 1.165) is 6.07 Å². The Hall–Kier alpha value is -2.70. The van der Waals surface area contributed by atoms with E-state index < -0.39 is 16.3 Å². The molecule has 0 atom stereocenters. The molecule has 7 nitrogen and oxygen atoms in total. The van der Waals surface area contributed by atoms with Gasteiger partial charge in [0, 0.05) is 12.1 Å². The molecule has 20 heavy (non-hydrogen) atoms. The summed E-state index contributed by atoms with van der Waals surface area (Å²) >= 11 is 0. The number of ether oxygens (including phenoxy) is 1. The van der Waals surface area contributed by atoms with Gasteiger partial charge >= 0.3 is 5.97 Å². The van der Waals surface area contributed by atoms with E-state index in [-0.39, 0.29) is 34.6 Å². The van der Waals surface area contributed by atoms with Crippen LogP contribution in [0.2, 0.25) is 0 Å². The van der Waals surface area contributed by atoms with Crippen molar-refractivity contribution < 1.29 is 18.9 Å². The van der Waals surface area contributed by atoms with Crippen molar-refractivity contribution in [1.29, 1.82) is 0 Å². The van der Waals surface area contributed by atoms with E-state index in [0.29, 0.717) is 0 Å². The lowest BCUT2D eigenvalue weighted by Crippen LogP contribution is -2.10. The molecule has 0 N–H and O–H groups in total. The first-order valence-electron chi connectivity index (χ1n) is 5.84. The second-order valence-corrected chi connectivity index (χ2v) is 4.04. The molecule has 1 aromatic heterocycles. The zero-order valence-electron chi connectivity index (χ0n) is 10.8. The number of rotatable bonds is 3. The number of benzene rings is 1. The van der Waals surface area contributed by atoms with Gasteiger partial charge in [-0.15, -0.1) is 0 Å². The van der Waals surface area contributed by atoms with Gasteiger partial charge in [0.15, 0.2) is 5.43 Å². The number of carbonyl (C=O) groups excluding carboxylic acids is 1. The van der Waals surface area contributed by atoms with E-state index >= 15 is 0 Å². The van der Waals surface area contributed by atoms with E-state index in [1.165, 1.54) is 19.1 Å². The van der Waals surface area contributed by atoms with Crippen molar-refractivity contribution in [3.63, 3.8) is 0 Å². The first-order chi connectivity index (χ1) is 9.45. The summed E-state index contributed by atoms with van der Waals surface area (Å²) in [5, 5.41) is 11.0. The second-order valence-electron chi connectivity index (χ2n) is 4.04. The van der Waals surface area contributed by atoms with Crippen molar-refractivity contribution >= 4 is 22.6 Å².